The van der Waals surface area contributed by atoms with Crippen molar-refractivity contribution < 1.29 is 14.3 Å². The predicted octanol–water partition coefficient (Wildman–Crippen LogP) is 4.35. The summed E-state index contributed by atoms with van der Waals surface area (Å²) in [6.07, 6.45) is 3.90. The lowest BCUT2D eigenvalue weighted by molar-refractivity contribution is -0.132. The van der Waals surface area contributed by atoms with Gasteiger partial charge in [0, 0.05) is 32.0 Å². The molecule has 0 bridgehead atoms. The van der Waals surface area contributed by atoms with Gasteiger partial charge >= 0.3 is 6.03 Å². The summed E-state index contributed by atoms with van der Waals surface area (Å²) < 4.78 is 7.35. The van der Waals surface area contributed by atoms with Crippen LogP contribution in [0.15, 0.2) is 42.6 Å². The maximum absolute atomic E-state index is 13.2. The number of carbonyl (C=O) groups is 2. The van der Waals surface area contributed by atoms with Crippen molar-refractivity contribution in [2.45, 2.75) is 40.2 Å². The van der Waals surface area contributed by atoms with E-state index in [1.807, 2.05) is 60.8 Å². The molecule has 0 aliphatic rings. The van der Waals surface area contributed by atoms with Gasteiger partial charge < -0.3 is 24.4 Å². The minimum atomic E-state index is -0.305. The van der Waals surface area contributed by atoms with E-state index in [4.69, 9.17) is 4.74 Å². The minimum Gasteiger partial charge on any atom is -0.495 e. The molecule has 1 aromatic carbocycles. The van der Waals surface area contributed by atoms with Crippen LogP contribution in [0.3, 0.4) is 0 Å². The Morgan fingerprint density at radius 2 is 1.87 bits per heavy atom. The van der Waals surface area contributed by atoms with E-state index in [0.717, 1.165) is 18.5 Å². The molecular formula is C24H36N4O3. The molecule has 1 aromatic heterocycles. The van der Waals surface area contributed by atoms with E-state index in [1.54, 1.807) is 24.1 Å². The molecule has 2 aromatic rings. The number of aryl methyl sites for hydroxylation is 1. The van der Waals surface area contributed by atoms with Crippen LogP contribution in [0.4, 0.5) is 10.5 Å². The summed E-state index contributed by atoms with van der Waals surface area (Å²) in [4.78, 5) is 29.7. The second-order valence-corrected chi connectivity index (χ2v) is 8.18. The maximum Gasteiger partial charge on any atom is 0.322 e. The summed E-state index contributed by atoms with van der Waals surface area (Å²) in [6.45, 7) is 7.90. The number of para-hydroxylation sites is 2. The van der Waals surface area contributed by atoms with E-state index < -0.39 is 0 Å². The number of rotatable bonds is 11. The molecule has 3 amide bonds. The van der Waals surface area contributed by atoms with Crippen molar-refractivity contribution in [3.05, 3.63) is 48.3 Å². The summed E-state index contributed by atoms with van der Waals surface area (Å²) in [5, 5.41) is 2.90. The van der Waals surface area contributed by atoms with Crippen LogP contribution in [0.1, 0.15) is 39.3 Å². The molecule has 0 unspecified atom stereocenters. The van der Waals surface area contributed by atoms with Crippen molar-refractivity contribution in [2.75, 3.05) is 32.1 Å². The van der Waals surface area contributed by atoms with Crippen molar-refractivity contribution in [3.8, 4) is 5.75 Å². The standard InChI is InChI=1S/C24H36N4O3/c1-6-7-15-27(17-20-11-10-14-26(20)4)23(29)18-28(16-19(2)3)24(30)25-21-12-8-9-13-22(21)31-5/h8-14,19H,6-7,15-18H2,1-5H3,(H,25,30). The Kier molecular flexibility index (Phi) is 9.43. The van der Waals surface area contributed by atoms with Gasteiger partial charge in [0.05, 0.1) is 19.3 Å². The van der Waals surface area contributed by atoms with Gasteiger partial charge in [-0.2, -0.15) is 0 Å². The number of nitrogens with one attached hydrogen (secondary N) is 1. The molecule has 0 fully saturated rings. The zero-order valence-electron chi connectivity index (χ0n) is 19.4. The van der Waals surface area contributed by atoms with Crippen LogP contribution in [0.2, 0.25) is 0 Å². The van der Waals surface area contributed by atoms with Crippen molar-refractivity contribution in [2.24, 2.45) is 13.0 Å². The quantitative estimate of drug-likeness (QED) is 0.578. The number of ether oxygens (including phenoxy) is 1. The lowest BCUT2D eigenvalue weighted by atomic mass is 10.2. The summed E-state index contributed by atoms with van der Waals surface area (Å²) in [6, 6.07) is 11.0. The summed E-state index contributed by atoms with van der Waals surface area (Å²) >= 11 is 0. The topological polar surface area (TPSA) is 66.8 Å². The summed E-state index contributed by atoms with van der Waals surface area (Å²) in [5.41, 5.74) is 1.65. The molecule has 7 nitrogen and oxygen atoms in total. The summed E-state index contributed by atoms with van der Waals surface area (Å²) in [5.74, 6) is 0.763. The molecule has 0 saturated carbocycles. The van der Waals surface area contributed by atoms with Crippen molar-refractivity contribution in [1.29, 1.82) is 0 Å². The highest BCUT2D eigenvalue weighted by atomic mass is 16.5. The molecule has 0 saturated heterocycles. The number of benzene rings is 1. The molecule has 7 heteroatoms. The predicted molar refractivity (Wildman–Crippen MR) is 124 cm³/mol. The zero-order chi connectivity index (χ0) is 22.8. The Balaban J connectivity index is 2.14. The molecule has 1 N–H and O–H groups in total. The van der Waals surface area contributed by atoms with Gasteiger partial charge in [-0.05, 0) is 36.6 Å². The fraction of sp³-hybridized carbons (Fsp3) is 0.500. The highest BCUT2D eigenvalue weighted by Crippen LogP contribution is 2.23. The first kappa shape index (κ1) is 24.3. The van der Waals surface area contributed by atoms with Gasteiger partial charge in [-0.3, -0.25) is 4.79 Å². The monoisotopic (exact) mass is 428 g/mol. The van der Waals surface area contributed by atoms with Crippen molar-refractivity contribution >= 4 is 17.6 Å². The third kappa shape index (κ3) is 7.35. The Hall–Kier alpha value is -2.96. The van der Waals surface area contributed by atoms with Gasteiger partial charge in [0.25, 0.3) is 0 Å². The lowest BCUT2D eigenvalue weighted by Crippen LogP contribution is -2.46. The maximum atomic E-state index is 13.2. The number of carbonyl (C=O) groups excluding carboxylic acids is 2. The fourth-order valence-corrected chi connectivity index (χ4v) is 3.36. The number of amides is 3. The Labute approximate surface area is 186 Å². The summed E-state index contributed by atoms with van der Waals surface area (Å²) in [7, 11) is 3.54. The highest BCUT2D eigenvalue weighted by molar-refractivity contribution is 5.93. The third-order valence-electron chi connectivity index (χ3n) is 5.09. The SMILES string of the molecule is CCCCN(Cc1cccn1C)C(=O)CN(CC(C)C)C(=O)Nc1ccccc1OC. The molecule has 0 atom stereocenters. The zero-order valence-corrected chi connectivity index (χ0v) is 19.4. The number of anilines is 1. The largest absolute Gasteiger partial charge is 0.495 e. The number of unbranched alkanes of at least 4 members (excludes halogenated alkanes) is 1. The normalized spacial score (nSPS) is 10.8. The smallest absolute Gasteiger partial charge is 0.322 e. The molecule has 31 heavy (non-hydrogen) atoms. The van der Waals surface area contributed by atoms with Crippen LogP contribution in [-0.2, 0) is 18.4 Å². The first-order chi connectivity index (χ1) is 14.8. The molecule has 170 valence electrons. The number of methoxy groups -OCH3 is 1. The Morgan fingerprint density at radius 3 is 2.48 bits per heavy atom. The number of aromatic nitrogens is 1. The first-order valence-corrected chi connectivity index (χ1v) is 10.9. The first-order valence-electron chi connectivity index (χ1n) is 10.9. The fourth-order valence-electron chi connectivity index (χ4n) is 3.36. The van der Waals surface area contributed by atoms with Crippen LogP contribution < -0.4 is 10.1 Å². The highest BCUT2D eigenvalue weighted by Gasteiger charge is 2.23. The molecule has 0 spiro atoms. The number of hydrogen-bond donors (Lipinski definition) is 1. The van der Waals surface area contributed by atoms with Crippen LogP contribution in [0.5, 0.6) is 5.75 Å². The molecule has 1 heterocycles. The van der Waals surface area contributed by atoms with E-state index in [-0.39, 0.29) is 24.4 Å². The van der Waals surface area contributed by atoms with Crippen LogP contribution in [0.25, 0.3) is 0 Å². The second kappa shape index (κ2) is 12.0. The minimum absolute atomic E-state index is 0.0350. The van der Waals surface area contributed by atoms with Gasteiger partial charge in [0.2, 0.25) is 5.91 Å². The van der Waals surface area contributed by atoms with Gasteiger partial charge in [-0.1, -0.05) is 39.3 Å². The molecule has 0 aliphatic carbocycles. The van der Waals surface area contributed by atoms with E-state index >= 15 is 0 Å². The van der Waals surface area contributed by atoms with Crippen LogP contribution >= 0.6 is 0 Å². The lowest BCUT2D eigenvalue weighted by Gasteiger charge is -2.29. The molecular weight excluding hydrogens is 392 g/mol. The van der Waals surface area contributed by atoms with Gasteiger partial charge in [0.15, 0.2) is 0 Å². The molecule has 2 rings (SSSR count). The van der Waals surface area contributed by atoms with Gasteiger partial charge in [-0.15, -0.1) is 0 Å². The Morgan fingerprint density at radius 1 is 1.13 bits per heavy atom. The number of nitrogens with zero attached hydrogens (tertiary/aromatic N) is 3. The van der Waals surface area contributed by atoms with Gasteiger partial charge in [-0.25, -0.2) is 4.79 Å². The number of hydrogen-bond acceptors (Lipinski definition) is 3. The molecule has 0 radical (unpaired) electrons. The average Bonchev–Trinajstić information content (AvgIpc) is 3.14. The van der Waals surface area contributed by atoms with E-state index in [9.17, 15) is 9.59 Å². The van der Waals surface area contributed by atoms with E-state index in [2.05, 4.69) is 12.2 Å². The van der Waals surface area contributed by atoms with E-state index in [0.29, 0.717) is 31.1 Å². The van der Waals surface area contributed by atoms with Crippen molar-refractivity contribution in [3.63, 3.8) is 0 Å². The molecule has 0 aliphatic heterocycles. The number of urea groups is 1. The van der Waals surface area contributed by atoms with Crippen LogP contribution in [0, 0.1) is 5.92 Å². The average molecular weight is 429 g/mol. The third-order valence-corrected chi connectivity index (χ3v) is 5.09. The Bertz CT molecular complexity index is 847. The van der Waals surface area contributed by atoms with Crippen LogP contribution in [-0.4, -0.2) is 53.0 Å². The van der Waals surface area contributed by atoms with E-state index in [1.165, 1.54) is 0 Å². The van der Waals surface area contributed by atoms with Crippen molar-refractivity contribution in [1.82, 2.24) is 14.4 Å². The second-order valence-electron chi connectivity index (χ2n) is 8.18. The van der Waals surface area contributed by atoms with Gasteiger partial charge in [0.1, 0.15) is 12.3 Å².